The van der Waals surface area contributed by atoms with Crippen LogP contribution in [0.5, 0.6) is 0 Å². The summed E-state index contributed by atoms with van der Waals surface area (Å²) in [6, 6.07) is 0. The number of nitrogens with one attached hydrogen (secondary N) is 1. The molecular formula is C7H11N3O3S. The van der Waals surface area contributed by atoms with Crippen LogP contribution in [0.25, 0.3) is 0 Å². The average molecular weight is 217 g/mol. The van der Waals surface area contributed by atoms with Crippen LogP contribution in [-0.4, -0.2) is 40.2 Å². The standard InChI is InChI=1S/C7H11N3O3S/c1-5-9-7(14-10-5)8-2-3-13-4-6(11)12/h2-4H2,1H3,(H,11,12)(H,8,9,10). The van der Waals surface area contributed by atoms with Gasteiger partial charge in [-0.15, -0.1) is 0 Å². The highest BCUT2D eigenvalue weighted by atomic mass is 32.1. The maximum atomic E-state index is 10.1. The van der Waals surface area contributed by atoms with Crippen molar-refractivity contribution in [2.45, 2.75) is 6.92 Å². The molecule has 0 amide bonds. The third kappa shape index (κ3) is 4.15. The fourth-order valence-corrected chi connectivity index (χ4v) is 1.36. The Kier molecular flexibility index (Phi) is 4.27. The van der Waals surface area contributed by atoms with Crippen molar-refractivity contribution >= 4 is 22.6 Å². The van der Waals surface area contributed by atoms with Crippen LogP contribution in [0.1, 0.15) is 5.82 Å². The van der Waals surface area contributed by atoms with Crippen LogP contribution in [0, 0.1) is 6.92 Å². The summed E-state index contributed by atoms with van der Waals surface area (Å²) in [4.78, 5) is 14.1. The number of hydrogen-bond donors (Lipinski definition) is 2. The molecule has 0 aromatic carbocycles. The zero-order valence-electron chi connectivity index (χ0n) is 7.69. The second kappa shape index (κ2) is 5.51. The van der Waals surface area contributed by atoms with E-state index < -0.39 is 5.97 Å². The zero-order chi connectivity index (χ0) is 10.4. The van der Waals surface area contributed by atoms with Crippen molar-refractivity contribution in [3.8, 4) is 0 Å². The van der Waals surface area contributed by atoms with Crippen LogP contribution in [0.4, 0.5) is 5.13 Å². The van der Waals surface area contributed by atoms with E-state index in [1.165, 1.54) is 11.5 Å². The molecule has 2 N–H and O–H groups in total. The average Bonchev–Trinajstić information content (AvgIpc) is 2.50. The van der Waals surface area contributed by atoms with Crippen LogP contribution >= 0.6 is 11.5 Å². The van der Waals surface area contributed by atoms with E-state index in [2.05, 4.69) is 14.7 Å². The largest absolute Gasteiger partial charge is 0.480 e. The van der Waals surface area contributed by atoms with E-state index in [0.29, 0.717) is 13.2 Å². The molecule has 78 valence electrons. The van der Waals surface area contributed by atoms with Gasteiger partial charge in [-0.05, 0) is 6.92 Å². The van der Waals surface area contributed by atoms with Crippen LogP contribution in [0.3, 0.4) is 0 Å². The number of anilines is 1. The monoisotopic (exact) mass is 217 g/mol. The highest BCUT2D eigenvalue weighted by Gasteiger charge is 1.99. The number of carbonyl (C=O) groups is 1. The summed E-state index contributed by atoms with van der Waals surface area (Å²) in [6.07, 6.45) is 0. The molecule has 1 heterocycles. The Labute approximate surface area is 85.1 Å². The Morgan fingerprint density at radius 3 is 3.07 bits per heavy atom. The quantitative estimate of drug-likeness (QED) is 0.669. The van der Waals surface area contributed by atoms with E-state index in [9.17, 15) is 4.79 Å². The molecule has 0 saturated carbocycles. The molecule has 6 nitrogen and oxygen atoms in total. The van der Waals surface area contributed by atoms with E-state index in [4.69, 9.17) is 9.84 Å². The summed E-state index contributed by atoms with van der Waals surface area (Å²) in [5, 5.41) is 12.0. The van der Waals surface area contributed by atoms with Crippen molar-refractivity contribution in [2.75, 3.05) is 25.1 Å². The number of aromatic nitrogens is 2. The van der Waals surface area contributed by atoms with Gasteiger partial charge in [0.05, 0.1) is 6.61 Å². The maximum absolute atomic E-state index is 10.1. The van der Waals surface area contributed by atoms with Gasteiger partial charge in [0, 0.05) is 18.1 Å². The predicted octanol–water partition coefficient (Wildman–Crippen LogP) is 0.360. The molecule has 0 spiro atoms. The summed E-state index contributed by atoms with van der Waals surface area (Å²) in [6.45, 7) is 2.41. The number of carboxylic acid groups (broad SMARTS) is 1. The van der Waals surface area contributed by atoms with Gasteiger partial charge < -0.3 is 15.2 Å². The van der Waals surface area contributed by atoms with Gasteiger partial charge in [-0.3, -0.25) is 0 Å². The molecule has 0 radical (unpaired) electrons. The summed E-state index contributed by atoms with van der Waals surface area (Å²) in [5.74, 6) is -0.235. The molecule has 0 aliphatic heterocycles. The van der Waals surface area contributed by atoms with Gasteiger partial charge >= 0.3 is 5.97 Å². The second-order valence-corrected chi connectivity index (χ2v) is 3.27. The molecular weight excluding hydrogens is 206 g/mol. The Bertz CT molecular complexity index is 302. The first-order valence-corrected chi connectivity index (χ1v) is 4.79. The van der Waals surface area contributed by atoms with Gasteiger partial charge in [-0.1, -0.05) is 0 Å². The number of hydrogen-bond acceptors (Lipinski definition) is 6. The lowest BCUT2D eigenvalue weighted by Gasteiger charge is -2.01. The lowest BCUT2D eigenvalue weighted by atomic mass is 10.6. The van der Waals surface area contributed by atoms with Crippen LogP contribution < -0.4 is 5.32 Å². The van der Waals surface area contributed by atoms with Crippen LogP contribution in [-0.2, 0) is 9.53 Å². The second-order valence-electron chi connectivity index (χ2n) is 2.52. The van der Waals surface area contributed by atoms with Gasteiger partial charge in [0.1, 0.15) is 12.4 Å². The fraction of sp³-hybridized carbons (Fsp3) is 0.571. The van der Waals surface area contributed by atoms with E-state index in [0.717, 1.165) is 11.0 Å². The maximum Gasteiger partial charge on any atom is 0.329 e. The van der Waals surface area contributed by atoms with Crippen LogP contribution in [0.15, 0.2) is 0 Å². The van der Waals surface area contributed by atoms with Gasteiger partial charge in [0.25, 0.3) is 0 Å². The minimum Gasteiger partial charge on any atom is -0.480 e. The fourth-order valence-electron chi connectivity index (χ4n) is 0.758. The van der Waals surface area contributed by atoms with Gasteiger partial charge in [0.2, 0.25) is 5.13 Å². The highest BCUT2D eigenvalue weighted by molar-refractivity contribution is 7.09. The van der Waals surface area contributed by atoms with Crippen molar-refractivity contribution in [3.63, 3.8) is 0 Å². The minimum atomic E-state index is -0.961. The molecule has 0 bridgehead atoms. The number of rotatable bonds is 6. The minimum absolute atomic E-state index is 0.267. The van der Waals surface area contributed by atoms with E-state index in [1.54, 1.807) is 0 Å². The summed E-state index contributed by atoms with van der Waals surface area (Å²) in [7, 11) is 0. The highest BCUT2D eigenvalue weighted by Crippen LogP contribution is 2.08. The predicted molar refractivity (Wildman–Crippen MR) is 51.6 cm³/mol. The number of carboxylic acids is 1. The normalized spacial score (nSPS) is 10.1. The van der Waals surface area contributed by atoms with E-state index >= 15 is 0 Å². The molecule has 1 rings (SSSR count). The van der Waals surface area contributed by atoms with Crippen molar-refractivity contribution in [3.05, 3.63) is 5.82 Å². The number of nitrogens with zero attached hydrogens (tertiary/aromatic N) is 2. The Morgan fingerprint density at radius 1 is 1.71 bits per heavy atom. The lowest BCUT2D eigenvalue weighted by Crippen LogP contribution is -2.13. The van der Waals surface area contributed by atoms with Crippen molar-refractivity contribution in [1.29, 1.82) is 0 Å². The molecule has 7 heteroatoms. The number of aryl methyl sites for hydroxylation is 1. The van der Waals surface area contributed by atoms with E-state index in [1.807, 2.05) is 6.92 Å². The summed E-state index contributed by atoms with van der Waals surface area (Å²) < 4.78 is 8.79. The lowest BCUT2D eigenvalue weighted by molar-refractivity contribution is -0.142. The molecule has 0 atom stereocenters. The molecule has 0 unspecified atom stereocenters. The third-order valence-corrected chi connectivity index (χ3v) is 2.04. The van der Waals surface area contributed by atoms with Gasteiger partial charge in [0.15, 0.2) is 0 Å². The molecule has 1 aromatic rings. The first-order valence-electron chi connectivity index (χ1n) is 4.02. The summed E-state index contributed by atoms with van der Waals surface area (Å²) in [5.41, 5.74) is 0. The van der Waals surface area contributed by atoms with Gasteiger partial charge in [-0.25, -0.2) is 9.78 Å². The Hall–Kier alpha value is -1.21. The molecule has 14 heavy (non-hydrogen) atoms. The summed E-state index contributed by atoms with van der Waals surface area (Å²) >= 11 is 1.27. The van der Waals surface area contributed by atoms with E-state index in [-0.39, 0.29) is 6.61 Å². The van der Waals surface area contributed by atoms with Crippen LogP contribution in [0.2, 0.25) is 0 Å². The zero-order valence-corrected chi connectivity index (χ0v) is 8.50. The first-order chi connectivity index (χ1) is 6.68. The third-order valence-electron chi connectivity index (χ3n) is 1.28. The Morgan fingerprint density at radius 2 is 2.50 bits per heavy atom. The smallest absolute Gasteiger partial charge is 0.329 e. The molecule has 0 saturated heterocycles. The Balaban J connectivity index is 2.07. The number of aliphatic carboxylic acids is 1. The molecule has 0 aliphatic rings. The number of ether oxygens (including phenoxy) is 1. The van der Waals surface area contributed by atoms with Crippen molar-refractivity contribution < 1.29 is 14.6 Å². The first kappa shape index (κ1) is 10.9. The SMILES string of the molecule is Cc1nsc(NCCOCC(=O)O)n1. The van der Waals surface area contributed by atoms with Crippen molar-refractivity contribution in [1.82, 2.24) is 9.36 Å². The van der Waals surface area contributed by atoms with Crippen molar-refractivity contribution in [2.24, 2.45) is 0 Å². The molecule has 0 aliphatic carbocycles. The molecule has 1 aromatic heterocycles. The topological polar surface area (TPSA) is 84.3 Å². The molecule has 0 fully saturated rings. The van der Waals surface area contributed by atoms with Gasteiger partial charge in [-0.2, -0.15) is 4.37 Å².